The molecule has 10 heavy (non-hydrogen) atoms. The topological polar surface area (TPSA) is 0 Å². The molecule has 48 valence electrons. The Morgan fingerprint density at radius 3 is 2.50 bits per heavy atom. The summed E-state index contributed by atoms with van der Waals surface area (Å²) in [5, 5.41) is 0. The molecule has 0 atom stereocenters. The Kier molecular flexibility index (Phi) is 2.74. The summed E-state index contributed by atoms with van der Waals surface area (Å²) in [4.78, 5) is 0. The van der Waals surface area contributed by atoms with Crippen LogP contribution in [0.5, 0.6) is 0 Å². The molecule has 0 bridgehead atoms. The molecule has 0 saturated carbocycles. The third kappa shape index (κ3) is 1.99. The monoisotopic (exact) mass is 208 g/mol. The molecule has 0 aliphatic rings. The zero-order valence-corrected chi connectivity index (χ0v) is 8.77. The van der Waals surface area contributed by atoms with E-state index in [2.05, 4.69) is 38.1 Å². The molecule has 0 heterocycles. The molecule has 1 aromatic rings. The van der Waals surface area contributed by atoms with E-state index in [1.165, 1.54) is 38.6 Å². The van der Waals surface area contributed by atoms with Gasteiger partial charge in [0.1, 0.15) is 0 Å². The summed E-state index contributed by atoms with van der Waals surface area (Å²) in [5.41, 5.74) is 2.73. The van der Waals surface area contributed by atoms with Crippen molar-refractivity contribution in [1.29, 1.82) is 0 Å². The summed E-state index contributed by atoms with van der Waals surface area (Å²) in [6.07, 6.45) is 0. The van der Waals surface area contributed by atoms with Crippen LogP contribution >= 0.6 is 0 Å². The summed E-state index contributed by atoms with van der Waals surface area (Å²) in [6.45, 7) is 4.30. The van der Waals surface area contributed by atoms with Crippen molar-refractivity contribution in [2.24, 2.45) is 0 Å². The van der Waals surface area contributed by atoms with E-state index in [-0.39, 0.29) is 0 Å². The number of hydrogen-bond donors (Lipinski definition) is 0. The first-order chi connectivity index (χ1) is 4.70. The zero-order chi connectivity index (χ0) is 7.56. The Morgan fingerprint density at radius 2 is 2.10 bits per heavy atom. The zero-order valence-electron chi connectivity index (χ0n) is 6.31. The van der Waals surface area contributed by atoms with E-state index in [1.54, 1.807) is 0 Å². The van der Waals surface area contributed by atoms with Crippen LogP contribution in [0.3, 0.4) is 0 Å². The second-order valence-electron chi connectivity index (χ2n) is 2.49. The van der Waals surface area contributed by atoms with E-state index in [4.69, 9.17) is 0 Å². The van der Waals surface area contributed by atoms with E-state index in [0.717, 1.165) is 0 Å². The van der Waals surface area contributed by atoms with Crippen LogP contribution in [0.1, 0.15) is 18.1 Å². The molecule has 0 N–H and O–H groups in total. The Hall–Kier alpha value is -0.0269. The predicted octanol–water partition coefficient (Wildman–Crippen LogP) is 2.08. The number of benzene rings is 1. The van der Waals surface area contributed by atoms with Crippen LogP contribution in [0.15, 0.2) is 24.3 Å². The molecule has 0 radical (unpaired) electrons. The van der Waals surface area contributed by atoms with Gasteiger partial charge in [0.15, 0.2) is 0 Å². The summed E-state index contributed by atoms with van der Waals surface area (Å²) < 4.78 is 1.47. The molecule has 0 spiro atoms. The average molecular weight is 209 g/mol. The Morgan fingerprint density at radius 1 is 1.40 bits per heavy atom. The van der Waals surface area contributed by atoms with Crippen molar-refractivity contribution in [1.82, 2.24) is 0 Å². The van der Waals surface area contributed by atoms with Gasteiger partial charge in [-0.15, -0.1) is 0 Å². The van der Waals surface area contributed by atoms with Crippen molar-refractivity contribution in [3.05, 3.63) is 35.4 Å². The number of hydrogen-bond acceptors (Lipinski definition) is 0. The molecule has 0 aromatic heterocycles. The Labute approximate surface area is 76.6 Å². The molecule has 0 unspecified atom stereocenters. The first kappa shape index (κ1) is 8.07. The average Bonchev–Trinajstić information content (AvgIpc) is 1.88. The van der Waals surface area contributed by atoms with Crippen LogP contribution in [-0.2, 0) is 24.2 Å². The van der Waals surface area contributed by atoms with Crippen molar-refractivity contribution in [2.75, 3.05) is 0 Å². The van der Waals surface area contributed by atoms with Gasteiger partial charge in [0, 0.05) is 0 Å². The fourth-order valence-corrected chi connectivity index (χ4v) is 1.26. The van der Waals surface area contributed by atoms with Gasteiger partial charge in [-0.05, 0) is 0 Å². The van der Waals surface area contributed by atoms with Gasteiger partial charge in [0.05, 0.1) is 0 Å². The van der Waals surface area contributed by atoms with E-state index >= 15 is 0 Å². The van der Waals surface area contributed by atoms with Crippen LogP contribution in [-0.4, -0.2) is 3.21 Å². The summed E-state index contributed by atoms with van der Waals surface area (Å²) in [7, 11) is 0. The molecule has 0 amide bonds. The van der Waals surface area contributed by atoms with E-state index < -0.39 is 0 Å². The fraction of sp³-hybridized carbons (Fsp3) is 0.222. The molecule has 0 aliphatic carbocycles. The Bertz CT molecular complexity index is 251. The van der Waals surface area contributed by atoms with Gasteiger partial charge in [0.25, 0.3) is 0 Å². The van der Waals surface area contributed by atoms with Crippen molar-refractivity contribution < 1.29 is 24.2 Å². The summed E-state index contributed by atoms with van der Waals surface area (Å²) >= 11 is 1.51. The fourth-order valence-electron chi connectivity index (χ4n) is 0.878. The van der Waals surface area contributed by atoms with Gasteiger partial charge in [0.2, 0.25) is 0 Å². The second-order valence-corrected chi connectivity index (χ2v) is 4.34. The first-order valence-electron chi connectivity index (χ1n) is 3.32. The third-order valence-corrected chi connectivity index (χ3v) is 2.16. The van der Waals surface area contributed by atoms with E-state index in [9.17, 15) is 0 Å². The molecule has 1 aromatic carbocycles. The summed E-state index contributed by atoms with van der Waals surface area (Å²) in [6, 6.07) is 8.63. The quantitative estimate of drug-likeness (QED) is 0.664. The SMILES string of the molecule is C[C](=[Zr+2])c1cccc(C)c1. The molecule has 0 aliphatic heterocycles. The number of aryl methyl sites for hydroxylation is 1. The van der Waals surface area contributed by atoms with Gasteiger partial charge in [-0.2, -0.15) is 0 Å². The Balaban J connectivity index is 3.07. The van der Waals surface area contributed by atoms with Crippen LogP contribution < -0.4 is 0 Å². The number of rotatable bonds is 1. The van der Waals surface area contributed by atoms with Crippen molar-refractivity contribution in [3.63, 3.8) is 0 Å². The molecule has 0 saturated heterocycles. The molecule has 0 fully saturated rings. The van der Waals surface area contributed by atoms with E-state index in [1.807, 2.05) is 0 Å². The van der Waals surface area contributed by atoms with Crippen LogP contribution in [0.25, 0.3) is 0 Å². The molecule has 1 heteroatoms. The normalized spacial score (nSPS) is 9.60. The maximum atomic E-state index is 2.23. The van der Waals surface area contributed by atoms with Gasteiger partial charge in [-0.3, -0.25) is 0 Å². The van der Waals surface area contributed by atoms with Gasteiger partial charge < -0.3 is 0 Å². The minimum absolute atomic E-state index is 1.35. The predicted molar refractivity (Wildman–Crippen MR) is 41.0 cm³/mol. The van der Waals surface area contributed by atoms with Crippen LogP contribution in [0, 0.1) is 6.92 Å². The van der Waals surface area contributed by atoms with Crippen LogP contribution in [0.4, 0.5) is 0 Å². The maximum absolute atomic E-state index is 2.23. The van der Waals surface area contributed by atoms with Crippen molar-refractivity contribution in [2.45, 2.75) is 13.8 Å². The van der Waals surface area contributed by atoms with E-state index in [0.29, 0.717) is 0 Å². The van der Waals surface area contributed by atoms with Crippen molar-refractivity contribution in [3.8, 4) is 0 Å². The summed E-state index contributed by atoms with van der Waals surface area (Å²) in [5.74, 6) is 0. The minimum atomic E-state index is 1.35. The molecular weight excluding hydrogens is 199 g/mol. The second kappa shape index (κ2) is 3.39. The molecule has 0 nitrogen and oxygen atoms in total. The van der Waals surface area contributed by atoms with Gasteiger partial charge in [-0.25, -0.2) is 0 Å². The third-order valence-electron chi connectivity index (χ3n) is 1.45. The van der Waals surface area contributed by atoms with Gasteiger partial charge >= 0.3 is 76.7 Å². The van der Waals surface area contributed by atoms with Crippen LogP contribution in [0.2, 0.25) is 0 Å². The molecular formula is C9H10Zr+2. The standard InChI is InChI=1S/C9H10.Zr/c1-3-9-6-4-5-8(2)7-9;/h4-7H,1-2H3;/q;+2. The van der Waals surface area contributed by atoms with Crippen molar-refractivity contribution >= 4 is 3.21 Å². The first-order valence-corrected chi connectivity index (χ1v) is 4.55. The molecule has 1 rings (SSSR count). The van der Waals surface area contributed by atoms with Gasteiger partial charge in [-0.1, -0.05) is 0 Å².